The van der Waals surface area contributed by atoms with E-state index in [1.165, 1.54) is 0 Å². The number of aromatic hydroxyl groups is 4. The second-order valence-electron chi connectivity index (χ2n) is 13.5. The second-order valence-corrected chi connectivity index (χ2v) is 13.5. The largest absolute Gasteiger partial charge is 0.507 e. The Bertz CT molecular complexity index is 1160. The van der Waals surface area contributed by atoms with Crippen molar-refractivity contribution in [2.24, 2.45) is 0 Å². The summed E-state index contributed by atoms with van der Waals surface area (Å²) in [6.07, 6.45) is 4.84. The number of carbonyl (C=O) groups excluding carboxylic acids is 2. The smallest absolute Gasteiger partial charge is 0.220 e. The normalized spacial score (nSPS) is 11.9. The molecule has 42 heavy (non-hydrogen) atoms. The molecule has 0 bridgehead atoms. The molecule has 8 nitrogen and oxygen atoms in total. The van der Waals surface area contributed by atoms with Crippen LogP contribution in [0.15, 0.2) is 12.1 Å². The minimum Gasteiger partial charge on any atom is -0.507 e. The molecule has 8 heteroatoms. The molecule has 0 saturated carbocycles. The molecule has 0 saturated heterocycles. The summed E-state index contributed by atoms with van der Waals surface area (Å²) in [5.41, 5.74) is 2.87. The van der Waals surface area contributed by atoms with E-state index in [0.717, 1.165) is 25.7 Å². The topological polar surface area (TPSA) is 139 Å². The Labute approximate surface area is 251 Å². The molecule has 0 spiro atoms. The van der Waals surface area contributed by atoms with Gasteiger partial charge in [-0.15, -0.1) is 0 Å². The lowest BCUT2D eigenvalue weighted by atomic mass is 9.82. The quantitative estimate of drug-likeness (QED) is 0.158. The van der Waals surface area contributed by atoms with Gasteiger partial charge in [-0.3, -0.25) is 9.59 Å². The summed E-state index contributed by atoms with van der Waals surface area (Å²) in [6, 6.07) is 3.49. The van der Waals surface area contributed by atoms with Gasteiger partial charge in [0.25, 0.3) is 0 Å². The predicted molar refractivity (Wildman–Crippen MR) is 168 cm³/mol. The van der Waals surface area contributed by atoms with Crippen LogP contribution in [0.3, 0.4) is 0 Å². The third-order valence-electron chi connectivity index (χ3n) is 7.57. The summed E-state index contributed by atoms with van der Waals surface area (Å²) in [5.74, 6) is 0.185. The van der Waals surface area contributed by atoms with Crippen molar-refractivity contribution in [2.75, 3.05) is 13.1 Å². The average Bonchev–Trinajstić information content (AvgIpc) is 2.86. The van der Waals surface area contributed by atoms with Crippen molar-refractivity contribution in [1.82, 2.24) is 10.6 Å². The Hall–Kier alpha value is -3.42. The van der Waals surface area contributed by atoms with E-state index < -0.39 is 10.8 Å². The molecule has 0 radical (unpaired) electrons. The summed E-state index contributed by atoms with van der Waals surface area (Å²) in [4.78, 5) is 24.7. The van der Waals surface area contributed by atoms with Gasteiger partial charge in [0.2, 0.25) is 11.8 Å². The Morgan fingerprint density at radius 3 is 1.24 bits per heavy atom. The maximum absolute atomic E-state index is 12.3. The van der Waals surface area contributed by atoms with Gasteiger partial charge in [0.15, 0.2) is 0 Å². The maximum Gasteiger partial charge on any atom is 0.220 e. The molecule has 234 valence electrons. The molecular weight excluding hydrogens is 532 g/mol. The van der Waals surface area contributed by atoms with E-state index in [0.29, 0.717) is 59.3 Å². The Balaban J connectivity index is 1.65. The number of hydrogen-bond acceptors (Lipinski definition) is 6. The van der Waals surface area contributed by atoms with Crippen molar-refractivity contribution in [1.29, 1.82) is 0 Å². The Morgan fingerprint density at radius 1 is 0.595 bits per heavy atom. The van der Waals surface area contributed by atoms with Gasteiger partial charge in [-0.05, 0) is 84.7 Å². The van der Waals surface area contributed by atoms with Crippen LogP contribution in [0.4, 0.5) is 0 Å². The molecular formula is C34H52N2O6. The highest BCUT2D eigenvalue weighted by Gasteiger charge is 2.27. The second kappa shape index (κ2) is 14.7. The fraction of sp³-hybridized carbons (Fsp3) is 0.588. The lowest BCUT2D eigenvalue weighted by molar-refractivity contribution is -0.121. The number of amides is 2. The standard InChI is InChI=1S/C34H52N2O6/c1-21-19-23(31(41)27(29(21)39)33(3,4)5)13-15-25(37)35-17-11-9-10-12-18-36-26(38)16-14-24-20-22(2)30(40)28(32(24)42)34(6,7)8/h19-20,39-42H,9-18H2,1-8H3,(H,35,37)(H,36,38). The molecule has 2 rings (SSSR count). The highest BCUT2D eigenvalue weighted by Crippen LogP contribution is 2.43. The predicted octanol–water partition coefficient (Wildman–Crippen LogP) is 6.08. The zero-order valence-electron chi connectivity index (χ0n) is 26.8. The Morgan fingerprint density at radius 2 is 0.929 bits per heavy atom. The third-order valence-corrected chi connectivity index (χ3v) is 7.57. The first-order valence-electron chi connectivity index (χ1n) is 15.1. The van der Waals surface area contributed by atoms with Crippen LogP contribution in [0.1, 0.15) is 113 Å². The molecule has 2 aromatic carbocycles. The molecule has 0 fully saturated rings. The minimum atomic E-state index is -0.423. The fourth-order valence-electron chi connectivity index (χ4n) is 5.27. The van der Waals surface area contributed by atoms with Crippen molar-refractivity contribution < 1.29 is 30.0 Å². The summed E-state index contributed by atoms with van der Waals surface area (Å²) in [7, 11) is 0. The van der Waals surface area contributed by atoms with E-state index in [4.69, 9.17) is 0 Å². The van der Waals surface area contributed by atoms with Gasteiger partial charge in [0.05, 0.1) is 0 Å². The van der Waals surface area contributed by atoms with Crippen molar-refractivity contribution in [3.05, 3.63) is 45.5 Å². The summed E-state index contributed by atoms with van der Waals surface area (Å²) < 4.78 is 0. The Kier molecular flexibility index (Phi) is 12.1. The molecule has 0 atom stereocenters. The average molecular weight is 585 g/mol. The van der Waals surface area contributed by atoms with Crippen molar-refractivity contribution >= 4 is 11.8 Å². The summed E-state index contributed by atoms with van der Waals surface area (Å²) in [6.45, 7) is 16.3. The zero-order valence-corrected chi connectivity index (χ0v) is 26.8. The number of phenols is 4. The first kappa shape index (κ1) is 34.8. The molecule has 0 aromatic heterocycles. The number of rotatable bonds is 13. The number of unbranched alkanes of at least 4 members (excludes halogenated alkanes) is 3. The van der Waals surface area contributed by atoms with Crippen LogP contribution in [0.25, 0.3) is 0 Å². The van der Waals surface area contributed by atoms with E-state index in [9.17, 15) is 30.0 Å². The van der Waals surface area contributed by atoms with E-state index in [1.54, 1.807) is 26.0 Å². The van der Waals surface area contributed by atoms with Crippen LogP contribution in [0.5, 0.6) is 23.0 Å². The van der Waals surface area contributed by atoms with Gasteiger partial charge in [-0.25, -0.2) is 0 Å². The van der Waals surface area contributed by atoms with Gasteiger partial charge >= 0.3 is 0 Å². The number of nitrogens with one attached hydrogen (secondary N) is 2. The van der Waals surface area contributed by atoms with E-state index >= 15 is 0 Å². The van der Waals surface area contributed by atoms with Gasteiger partial charge in [0.1, 0.15) is 23.0 Å². The fourth-order valence-corrected chi connectivity index (χ4v) is 5.27. The molecule has 0 aliphatic carbocycles. The SMILES string of the molecule is Cc1cc(CCC(=O)NCCCCCCNC(=O)CCc2cc(C)c(O)c(C(C)(C)C)c2O)c(O)c(C(C)(C)C)c1O. The first-order chi connectivity index (χ1) is 19.4. The van der Waals surface area contributed by atoms with Gasteiger partial charge < -0.3 is 31.1 Å². The molecule has 0 aliphatic heterocycles. The van der Waals surface area contributed by atoms with Crippen molar-refractivity contribution in [3.8, 4) is 23.0 Å². The molecule has 2 amide bonds. The molecule has 0 aliphatic rings. The highest BCUT2D eigenvalue weighted by molar-refractivity contribution is 5.77. The zero-order chi connectivity index (χ0) is 31.8. The highest BCUT2D eigenvalue weighted by atomic mass is 16.3. The van der Waals surface area contributed by atoms with E-state index in [1.807, 2.05) is 41.5 Å². The van der Waals surface area contributed by atoms with Crippen LogP contribution in [0.2, 0.25) is 0 Å². The molecule has 0 unspecified atom stereocenters. The number of aryl methyl sites for hydroxylation is 4. The van der Waals surface area contributed by atoms with Gasteiger partial charge in [-0.1, -0.05) is 54.4 Å². The van der Waals surface area contributed by atoms with Crippen molar-refractivity contribution in [3.63, 3.8) is 0 Å². The van der Waals surface area contributed by atoms with Crippen LogP contribution in [-0.2, 0) is 33.3 Å². The number of carbonyl (C=O) groups is 2. The molecule has 0 heterocycles. The number of benzene rings is 2. The molecule has 2 aromatic rings. The molecule has 6 N–H and O–H groups in total. The lowest BCUT2D eigenvalue weighted by Gasteiger charge is -2.24. The van der Waals surface area contributed by atoms with Crippen LogP contribution in [-0.4, -0.2) is 45.3 Å². The van der Waals surface area contributed by atoms with E-state index in [2.05, 4.69) is 10.6 Å². The minimum absolute atomic E-state index is 0.0637. The van der Waals surface area contributed by atoms with Crippen LogP contribution >= 0.6 is 0 Å². The van der Waals surface area contributed by atoms with Crippen molar-refractivity contribution in [2.45, 2.75) is 118 Å². The maximum atomic E-state index is 12.3. The third kappa shape index (κ3) is 9.57. The number of hydrogen-bond donors (Lipinski definition) is 6. The van der Waals surface area contributed by atoms with E-state index in [-0.39, 0.29) is 47.7 Å². The van der Waals surface area contributed by atoms with Gasteiger partial charge in [-0.2, -0.15) is 0 Å². The summed E-state index contributed by atoms with van der Waals surface area (Å²) in [5, 5.41) is 48.1. The number of phenolic OH excluding ortho intramolecular Hbond substituents is 4. The van der Waals surface area contributed by atoms with Gasteiger partial charge in [0, 0.05) is 37.1 Å². The lowest BCUT2D eigenvalue weighted by Crippen LogP contribution is -2.25. The first-order valence-corrected chi connectivity index (χ1v) is 15.1. The monoisotopic (exact) mass is 584 g/mol. The van der Waals surface area contributed by atoms with Crippen LogP contribution in [0, 0.1) is 13.8 Å². The van der Waals surface area contributed by atoms with Crippen LogP contribution < -0.4 is 10.6 Å². The summed E-state index contributed by atoms with van der Waals surface area (Å²) >= 11 is 0.